The summed E-state index contributed by atoms with van der Waals surface area (Å²) in [6.45, 7) is 3.65. The summed E-state index contributed by atoms with van der Waals surface area (Å²) in [7, 11) is 1.97. The van der Waals surface area contributed by atoms with Gasteiger partial charge < -0.3 is 14.6 Å². The third kappa shape index (κ3) is 1.94. The number of anilines is 1. The smallest absolute Gasteiger partial charge is 0.192 e. The van der Waals surface area contributed by atoms with Gasteiger partial charge in [-0.2, -0.15) is 0 Å². The highest BCUT2D eigenvalue weighted by atomic mass is 35.5. The van der Waals surface area contributed by atoms with E-state index >= 15 is 0 Å². The Balaban J connectivity index is 1.95. The number of nitrogens with one attached hydrogen (secondary N) is 1. The molecule has 1 fully saturated rings. The van der Waals surface area contributed by atoms with Crippen LogP contribution in [0.4, 0.5) is 5.82 Å². The molecular formula is C14H14ClN5O. The van der Waals surface area contributed by atoms with Gasteiger partial charge in [0, 0.05) is 32.3 Å². The highest BCUT2D eigenvalue weighted by molar-refractivity contribution is 6.31. The third-order valence-corrected chi connectivity index (χ3v) is 4.03. The van der Waals surface area contributed by atoms with Gasteiger partial charge in [-0.25, -0.2) is 15.0 Å². The minimum atomic E-state index is 0.490. The lowest BCUT2D eigenvalue weighted by atomic mass is 10.1. The summed E-state index contributed by atoms with van der Waals surface area (Å²) < 4.78 is 5.76. The van der Waals surface area contributed by atoms with Crippen molar-refractivity contribution in [2.75, 3.05) is 25.0 Å². The lowest BCUT2D eigenvalue weighted by molar-refractivity contribution is 0.448. The fraction of sp³-hybridized carbons (Fsp3) is 0.357. The maximum absolute atomic E-state index is 6.03. The van der Waals surface area contributed by atoms with Crippen LogP contribution in [-0.4, -0.2) is 41.1 Å². The lowest BCUT2D eigenvalue weighted by Crippen LogP contribution is -2.57. The zero-order valence-electron chi connectivity index (χ0n) is 11.7. The molecular weight excluding hydrogens is 290 g/mol. The number of fused-ring (bicyclic) bond motifs is 3. The summed E-state index contributed by atoms with van der Waals surface area (Å²) in [6, 6.07) is 2.31. The zero-order valence-corrected chi connectivity index (χ0v) is 12.5. The molecule has 0 aromatic carbocycles. The van der Waals surface area contributed by atoms with E-state index in [0.717, 1.165) is 29.8 Å². The van der Waals surface area contributed by atoms with Gasteiger partial charge in [0.25, 0.3) is 0 Å². The maximum Gasteiger partial charge on any atom is 0.192 e. The summed E-state index contributed by atoms with van der Waals surface area (Å²) in [5.41, 5.74) is 2.11. The average Bonchev–Trinajstić information content (AvgIpc) is 2.80. The van der Waals surface area contributed by atoms with Crippen molar-refractivity contribution in [1.29, 1.82) is 0 Å². The number of aromatic nitrogens is 3. The first-order chi connectivity index (χ1) is 10.2. The van der Waals surface area contributed by atoms with E-state index in [2.05, 4.69) is 25.2 Å². The first kappa shape index (κ1) is 12.8. The molecule has 1 aliphatic rings. The third-order valence-electron chi connectivity index (χ3n) is 3.82. The van der Waals surface area contributed by atoms with Gasteiger partial charge in [0.05, 0.1) is 10.4 Å². The lowest BCUT2D eigenvalue weighted by Gasteiger charge is -2.39. The first-order valence-electron chi connectivity index (χ1n) is 6.80. The van der Waals surface area contributed by atoms with E-state index in [4.69, 9.17) is 16.0 Å². The Hall–Kier alpha value is -1.92. The van der Waals surface area contributed by atoms with Crippen molar-refractivity contribution < 1.29 is 4.42 Å². The highest BCUT2D eigenvalue weighted by Crippen LogP contribution is 2.33. The molecule has 7 heteroatoms. The molecule has 0 saturated carbocycles. The summed E-state index contributed by atoms with van der Waals surface area (Å²) >= 11 is 6.03. The molecule has 1 saturated heterocycles. The average molecular weight is 304 g/mol. The molecule has 1 aliphatic heterocycles. The Labute approximate surface area is 126 Å². The van der Waals surface area contributed by atoms with Crippen LogP contribution < -0.4 is 10.2 Å². The number of pyridine rings is 2. The van der Waals surface area contributed by atoms with Crippen molar-refractivity contribution in [3.05, 3.63) is 23.2 Å². The molecule has 4 rings (SSSR count). The molecule has 3 aromatic heterocycles. The molecule has 21 heavy (non-hydrogen) atoms. The van der Waals surface area contributed by atoms with Crippen LogP contribution in [-0.2, 0) is 0 Å². The van der Waals surface area contributed by atoms with Crippen LogP contribution in [0.15, 0.2) is 16.7 Å². The monoisotopic (exact) mass is 303 g/mol. The van der Waals surface area contributed by atoms with E-state index in [1.807, 2.05) is 20.0 Å². The maximum atomic E-state index is 6.03. The molecule has 0 atom stereocenters. The van der Waals surface area contributed by atoms with Crippen LogP contribution in [0.2, 0.25) is 5.02 Å². The van der Waals surface area contributed by atoms with Gasteiger partial charge in [0.2, 0.25) is 0 Å². The minimum Gasteiger partial charge on any atom is -0.440 e. The quantitative estimate of drug-likeness (QED) is 0.782. The number of oxazole rings is 1. The van der Waals surface area contributed by atoms with Gasteiger partial charge in [0.15, 0.2) is 28.5 Å². The van der Waals surface area contributed by atoms with Crippen LogP contribution in [0.5, 0.6) is 0 Å². The molecule has 6 nitrogen and oxygen atoms in total. The van der Waals surface area contributed by atoms with Crippen molar-refractivity contribution in [3.63, 3.8) is 0 Å². The Kier molecular flexibility index (Phi) is 2.77. The van der Waals surface area contributed by atoms with Gasteiger partial charge in [-0.05, 0) is 13.1 Å². The molecule has 0 aliphatic carbocycles. The largest absolute Gasteiger partial charge is 0.440 e. The highest BCUT2D eigenvalue weighted by Gasteiger charge is 2.29. The Morgan fingerprint density at radius 3 is 2.95 bits per heavy atom. The van der Waals surface area contributed by atoms with E-state index in [9.17, 15) is 0 Å². The van der Waals surface area contributed by atoms with E-state index in [-0.39, 0.29) is 0 Å². The fourth-order valence-corrected chi connectivity index (χ4v) is 2.82. The number of hydrogen-bond donors (Lipinski definition) is 1. The SMILES string of the molecule is CNC1CN(c2nc3ncc(Cl)cc3c3oc(C)nc23)C1. The summed E-state index contributed by atoms with van der Waals surface area (Å²) in [5, 5.41) is 4.61. The molecule has 108 valence electrons. The standard InChI is InChI=1S/C14H14ClN5O/c1-7-18-11-12(21-7)10-3-8(15)4-17-13(10)19-14(11)20-5-9(6-20)16-2/h3-4,9,16H,5-6H2,1-2H3. The van der Waals surface area contributed by atoms with E-state index in [1.165, 1.54) is 0 Å². The van der Waals surface area contributed by atoms with Crippen molar-refractivity contribution >= 4 is 39.6 Å². The summed E-state index contributed by atoms with van der Waals surface area (Å²) in [4.78, 5) is 15.6. The second-order valence-corrected chi connectivity index (χ2v) is 5.70. The van der Waals surface area contributed by atoms with Gasteiger partial charge in [0.1, 0.15) is 0 Å². The van der Waals surface area contributed by atoms with Crippen molar-refractivity contribution in [2.45, 2.75) is 13.0 Å². The molecule has 0 amide bonds. The van der Waals surface area contributed by atoms with Crippen molar-refractivity contribution in [3.8, 4) is 0 Å². The Bertz CT molecular complexity index is 840. The van der Waals surface area contributed by atoms with Crippen LogP contribution in [0.25, 0.3) is 22.1 Å². The number of rotatable bonds is 2. The van der Waals surface area contributed by atoms with E-state index < -0.39 is 0 Å². The van der Waals surface area contributed by atoms with Crippen LogP contribution in [0.1, 0.15) is 5.89 Å². The summed E-state index contributed by atoms with van der Waals surface area (Å²) in [5.74, 6) is 1.45. The number of hydrogen-bond acceptors (Lipinski definition) is 6. The van der Waals surface area contributed by atoms with E-state index in [0.29, 0.717) is 28.2 Å². The molecule has 0 bridgehead atoms. The van der Waals surface area contributed by atoms with Crippen LogP contribution in [0, 0.1) is 6.92 Å². The molecule has 1 N–H and O–H groups in total. The fourth-order valence-electron chi connectivity index (χ4n) is 2.66. The predicted octanol–water partition coefficient (Wildman–Crippen LogP) is 2.14. The van der Waals surface area contributed by atoms with E-state index in [1.54, 1.807) is 6.20 Å². The first-order valence-corrected chi connectivity index (χ1v) is 7.18. The number of halogens is 1. The van der Waals surface area contributed by atoms with Gasteiger partial charge in [-0.3, -0.25) is 0 Å². The second kappa shape index (κ2) is 4.54. The van der Waals surface area contributed by atoms with Gasteiger partial charge >= 0.3 is 0 Å². The second-order valence-electron chi connectivity index (χ2n) is 5.26. The number of likely N-dealkylation sites (N-methyl/N-ethyl adjacent to an activating group) is 1. The minimum absolute atomic E-state index is 0.490. The molecule has 4 heterocycles. The van der Waals surface area contributed by atoms with Gasteiger partial charge in [-0.1, -0.05) is 11.6 Å². The number of aryl methyl sites for hydroxylation is 1. The molecule has 0 unspecified atom stereocenters. The predicted molar refractivity (Wildman–Crippen MR) is 81.9 cm³/mol. The Morgan fingerprint density at radius 2 is 2.19 bits per heavy atom. The molecule has 0 spiro atoms. The normalized spacial score (nSPS) is 15.9. The van der Waals surface area contributed by atoms with Crippen molar-refractivity contribution in [1.82, 2.24) is 20.3 Å². The summed E-state index contributed by atoms with van der Waals surface area (Å²) in [6.07, 6.45) is 1.60. The van der Waals surface area contributed by atoms with Gasteiger partial charge in [-0.15, -0.1) is 0 Å². The topological polar surface area (TPSA) is 67.1 Å². The van der Waals surface area contributed by atoms with Crippen LogP contribution >= 0.6 is 11.6 Å². The Morgan fingerprint density at radius 1 is 1.38 bits per heavy atom. The van der Waals surface area contributed by atoms with Crippen LogP contribution in [0.3, 0.4) is 0 Å². The zero-order chi connectivity index (χ0) is 14.6. The molecule has 3 aromatic rings. The van der Waals surface area contributed by atoms with Crippen molar-refractivity contribution in [2.24, 2.45) is 0 Å². The number of nitrogens with zero attached hydrogens (tertiary/aromatic N) is 4. The molecule has 0 radical (unpaired) electrons.